The molecule has 0 aliphatic carbocycles. The van der Waals surface area contributed by atoms with E-state index < -0.39 is 0 Å². The van der Waals surface area contributed by atoms with Crippen LogP contribution in [0.4, 0.5) is 0 Å². The lowest BCUT2D eigenvalue weighted by molar-refractivity contribution is -0.144. The van der Waals surface area contributed by atoms with Gasteiger partial charge in [0.05, 0.1) is 16.6 Å². The topological polar surface area (TPSA) is 71.3 Å². The highest BCUT2D eigenvalue weighted by molar-refractivity contribution is 6.06. The highest BCUT2D eigenvalue weighted by Crippen LogP contribution is 2.38. The van der Waals surface area contributed by atoms with Gasteiger partial charge in [0.15, 0.2) is 5.65 Å². The van der Waals surface area contributed by atoms with E-state index in [1.54, 1.807) is 4.68 Å². The minimum Gasteiger partial charge on any atom is -0.339 e. The summed E-state index contributed by atoms with van der Waals surface area (Å²) in [5.41, 5.74) is 3.15. The third-order valence-corrected chi connectivity index (χ3v) is 6.79. The lowest BCUT2D eigenvalue weighted by Gasteiger charge is -2.52. The van der Waals surface area contributed by atoms with Gasteiger partial charge in [-0.15, -0.1) is 0 Å². The Kier molecular flexibility index (Phi) is 3.96. The van der Waals surface area contributed by atoms with Crippen molar-refractivity contribution in [2.24, 2.45) is 18.9 Å². The second kappa shape index (κ2) is 6.29. The van der Waals surface area contributed by atoms with Crippen LogP contribution in [0, 0.1) is 25.7 Å². The van der Waals surface area contributed by atoms with Gasteiger partial charge in [0.2, 0.25) is 5.91 Å². The Morgan fingerprint density at radius 3 is 2.86 bits per heavy atom. The van der Waals surface area contributed by atoms with Crippen molar-refractivity contribution in [3.8, 4) is 0 Å². The zero-order valence-corrected chi connectivity index (χ0v) is 16.8. The molecule has 3 atom stereocenters. The third kappa shape index (κ3) is 2.63. The Bertz CT molecular complexity index is 981. The summed E-state index contributed by atoms with van der Waals surface area (Å²) in [7, 11) is 1.87. The first-order valence-corrected chi connectivity index (χ1v) is 10.3. The van der Waals surface area contributed by atoms with Crippen LogP contribution >= 0.6 is 0 Å². The van der Waals surface area contributed by atoms with Crippen LogP contribution in [0.3, 0.4) is 0 Å². The van der Waals surface area contributed by atoms with Crippen LogP contribution < -0.4 is 0 Å². The number of hydrogen-bond donors (Lipinski definition) is 0. The number of aryl methyl sites for hydroxylation is 3. The fourth-order valence-electron chi connectivity index (χ4n) is 5.68. The Balaban J connectivity index is 1.48. The second-order valence-electron chi connectivity index (χ2n) is 8.80. The molecule has 2 aromatic heterocycles. The monoisotopic (exact) mass is 381 g/mol. The van der Waals surface area contributed by atoms with Crippen LogP contribution in [0.25, 0.3) is 11.0 Å². The predicted octanol–water partition coefficient (Wildman–Crippen LogP) is 2.06. The minimum absolute atomic E-state index is 0.0804. The van der Waals surface area contributed by atoms with Gasteiger partial charge in [-0.05, 0) is 51.0 Å². The number of piperidine rings is 3. The molecule has 148 valence electrons. The number of nitrogens with zero attached hydrogens (tertiary/aromatic N) is 5. The molecule has 0 radical (unpaired) electrons. The van der Waals surface area contributed by atoms with Crippen LogP contribution in [0.2, 0.25) is 0 Å². The van der Waals surface area contributed by atoms with Gasteiger partial charge in [-0.25, -0.2) is 4.98 Å². The molecule has 5 heterocycles. The molecular weight excluding hydrogens is 354 g/mol. The van der Waals surface area contributed by atoms with Crippen molar-refractivity contribution in [3.05, 3.63) is 23.0 Å². The van der Waals surface area contributed by atoms with Gasteiger partial charge in [-0.1, -0.05) is 0 Å². The summed E-state index contributed by atoms with van der Waals surface area (Å²) >= 11 is 0. The van der Waals surface area contributed by atoms with Crippen LogP contribution in [0.5, 0.6) is 0 Å². The van der Waals surface area contributed by atoms with Gasteiger partial charge in [0.1, 0.15) is 0 Å². The summed E-state index contributed by atoms with van der Waals surface area (Å²) in [6.45, 7) is 6.14. The number of pyridine rings is 1. The minimum atomic E-state index is 0.0804. The molecule has 3 aliphatic heterocycles. The van der Waals surface area contributed by atoms with Gasteiger partial charge < -0.3 is 9.80 Å². The van der Waals surface area contributed by atoms with Gasteiger partial charge >= 0.3 is 0 Å². The SMILES string of the molecule is Cc1cc(C(=O)N2CC3CC(C2)C2CCCC(=O)N2C3)c2c(C)nn(C)c2n1. The number of likely N-dealkylation sites (tertiary alicyclic amines) is 1. The average Bonchev–Trinajstić information content (AvgIpc) is 2.95. The lowest BCUT2D eigenvalue weighted by atomic mass is 9.76. The smallest absolute Gasteiger partial charge is 0.254 e. The van der Waals surface area contributed by atoms with E-state index in [1.165, 1.54) is 0 Å². The molecule has 3 unspecified atom stereocenters. The third-order valence-electron chi connectivity index (χ3n) is 6.79. The molecule has 28 heavy (non-hydrogen) atoms. The van der Waals surface area contributed by atoms with Gasteiger partial charge in [0.25, 0.3) is 5.91 Å². The summed E-state index contributed by atoms with van der Waals surface area (Å²) in [6, 6.07) is 2.22. The van der Waals surface area contributed by atoms with Crippen molar-refractivity contribution in [1.82, 2.24) is 24.6 Å². The molecule has 2 bridgehead atoms. The molecule has 7 heteroatoms. The fraction of sp³-hybridized carbons (Fsp3) is 0.619. The number of hydrogen-bond acceptors (Lipinski definition) is 4. The van der Waals surface area contributed by atoms with E-state index in [1.807, 2.05) is 31.9 Å². The van der Waals surface area contributed by atoms with E-state index >= 15 is 0 Å². The average molecular weight is 381 g/mol. The molecule has 0 saturated carbocycles. The van der Waals surface area contributed by atoms with Crippen molar-refractivity contribution in [2.75, 3.05) is 19.6 Å². The maximum atomic E-state index is 13.6. The van der Waals surface area contributed by atoms with Crippen LogP contribution in [-0.2, 0) is 11.8 Å². The van der Waals surface area contributed by atoms with E-state index in [-0.39, 0.29) is 5.91 Å². The van der Waals surface area contributed by atoms with E-state index in [0.717, 1.165) is 61.3 Å². The van der Waals surface area contributed by atoms with E-state index in [2.05, 4.69) is 15.0 Å². The molecule has 0 spiro atoms. The molecule has 2 aromatic rings. The van der Waals surface area contributed by atoms with E-state index in [4.69, 9.17) is 0 Å². The first-order valence-electron chi connectivity index (χ1n) is 10.3. The van der Waals surface area contributed by atoms with Crippen LogP contribution in [-0.4, -0.2) is 62.1 Å². The summed E-state index contributed by atoms with van der Waals surface area (Å²) in [6.07, 6.45) is 3.88. The Morgan fingerprint density at radius 2 is 2.04 bits per heavy atom. The van der Waals surface area contributed by atoms with Crippen molar-refractivity contribution in [1.29, 1.82) is 0 Å². The number of aromatic nitrogens is 3. The first kappa shape index (κ1) is 17.6. The molecule has 3 fully saturated rings. The number of fused-ring (bicyclic) bond motifs is 5. The van der Waals surface area contributed by atoms with Crippen LogP contribution in [0.15, 0.2) is 6.07 Å². The van der Waals surface area contributed by atoms with Crippen LogP contribution in [0.1, 0.15) is 47.4 Å². The molecule has 5 rings (SSSR count). The fourth-order valence-corrected chi connectivity index (χ4v) is 5.68. The highest BCUT2D eigenvalue weighted by Gasteiger charge is 2.45. The maximum absolute atomic E-state index is 13.6. The van der Waals surface area contributed by atoms with E-state index in [0.29, 0.717) is 35.8 Å². The second-order valence-corrected chi connectivity index (χ2v) is 8.80. The lowest BCUT2D eigenvalue weighted by Crippen LogP contribution is -2.61. The number of rotatable bonds is 1. The molecule has 3 saturated heterocycles. The Hall–Kier alpha value is -2.44. The normalized spacial score (nSPS) is 27.2. The predicted molar refractivity (Wildman–Crippen MR) is 105 cm³/mol. The first-order chi connectivity index (χ1) is 13.4. The zero-order chi connectivity index (χ0) is 19.6. The Morgan fingerprint density at radius 1 is 1.21 bits per heavy atom. The van der Waals surface area contributed by atoms with Crippen molar-refractivity contribution >= 4 is 22.8 Å². The van der Waals surface area contributed by atoms with E-state index in [9.17, 15) is 9.59 Å². The molecule has 7 nitrogen and oxygen atoms in total. The van der Waals surface area contributed by atoms with Gasteiger partial charge in [-0.2, -0.15) is 5.10 Å². The number of carbonyl (C=O) groups is 2. The largest absolute Gasteiger partial charge is 0.339 e. The number of carbonyl (C=O) groups excluding carboxylic acids is 2. The summed E-state index contributed by atoms with van der Waals surface area (Å²) in [5, 5.41) is 5.34. The quantitative estimate of drug-likeness (QED) is 0.758. The maximum Gasteiger partial charge on any atom is 0.254 e. The summed E-state index contributed by atoms with van der Waals surface area (Å²) in [4.78, 5) is 34.6. The molecular formula is C21H27N5O2. The summed E-state index contributed by atoms with van der Waals surface area (Å²) in [5.74, 6) is 1.17. The molecule has 0 N–H and O–H groups in total. The van der Waals surface area contributed by atoms with Crippen molar-refractivity contribution < 1.29 is 9.59 Å². The van der Waals surface area contributed by atoms with Gasteiger partial charge in [0, 0.05) is 44.8 Å². The molecule has 0 aromatic carbocycles. The van der Waals surface area contributed by atoms with Crippen molar-refractivity contribution in [2.45, 2.75) is 45.6 Å². The standard InChI is InChI=1S/C21H27N5O2/c1-12-7-16(19-13(2)23-24(3)20(19)22-12)21(28)25-9-14-8-15(11-25)17-5-4-6-18(27)26(17)10-14/h7,14-15,17H,4-6,8-11H2,1-3H3. The van der Waals surface area contributed by atoms with Crippen molar-refractivity contribution in [3.63, 3.8) is 0 Å². The number of amides is 2. The Labute approximate surface area is 164 Å². The summed E-state index contributed by atoms with van der Waals surface area (Å²) < 4.78 is 1.75. The molecule has 2 amide bonds. The van der Waals surface area contributed by atoms with Gasteiger partial charge in [-0.3, -0.25) is 14.3 Å². The molecule has 3 aliphatic rings. The zero-order valence-electron chi connectivity index (χ0n) is 16.8. The highest BCUT2D eigenvalue weighted by atomic mass is 16.2.